The first-order chi connectivity index (χ1) is 8.10. The van der Waals surface area contributed by atoms with Crippen LogP contribution in [0.2, 0.25) is 0 Å². The summed E-state index contributed by atoms with van der Waals surface area (Å²) in [5.41, 5.74) is 5.51. The molecule has 0 bridgehead atoms. The highest BCUT2D eigenvalue weighted by molar-refractivity contribution is 5.97. The predicted molar refractivity (Wildman–Crippen MR) is 65.0 cm³/mol. The monoisotopic (exact) mass is 238 g/mol. The molecule has 0 atom stereocenters. The quantitative estimate of drug-likeness (QED) is 0.665. The first-order valence-corrected chi connectivity index (χ1v) is 5.61. The van der Waals surface area contributed by atoms with E-state index in [1.165, 1.54) is 18.2 Å². The first kappa shape index (κ1) is 13.3. The minimum absolute atomic E-state index is 0.0407. The van der Waals surface area contributed by atoms with Gasteiger partial charge in [-0.3, -0.25) is 4.79 Å². The van der Waals surface area contributed by atoms with Crippen LogP contribution in [0, 0.1) is 0 Å². The molecule has 1 aromatic rings. The summed E-state index contributed by atoms with van der Waals surface area (Å²) in [6, 6.07) is 3.91. The smallest absolute Gasteiger partial charge is 0.257 e. The van der Waals surface area contributed by atoms with E-state index >= 15 is 0 Å². The van der Waals surface area contributed by atoms with Gasteiger partial charge in [-0.2, -0.15) is 0 Å². The van der Waals surface area contributed by atoms with E-state index in [1.54, 1.807) is 4.90 Å². The van der Waals surface area contributed by atoms with Crippen LogP contribution < -0.4 is 5.73 Å². The number of phenolic OH excluding ortho intramolecular Hbond substituents is 2. The third-order valence-corrected chi connectivity index (χ3v) is 2.51. The molecule has 1 rings (SSSR count). The normalized spacial score (nSPS) is 10.2. The van der Waals surface area contributed by atoms with Gasteiger partial charge in [0.05, 0.1) is 5.56 Å². The SMILES string of the molecule is CCN(CCCN)C(=O)c1cc(O)ccc1O. The lowest BCUT2D eigenvalue weighted by Gasteiger charge is -2.21. The largest absolute Gasteiger partial charge is 0.508 e. The second-order valence-electron chi connectivity index (χ2n) is 3.73. The Morgan fingerprint density at radius 3 is 2.71 bits per heavy atom. The van der Waals surface area contributed by atoms with Gasteiger partial charge in [0.1, 0.15) is 11.5 Å². The summed E-state index contributed by atoms with van der Waals surface area (Å²) < 4.78 is 0. The fraction of sp³-hybridized carbons (Fsp3) is 0.417. The van der Waals surface area contributed by atoms with Gasteiger partial charge in [0.25, 0.3) is 5.91 Å². The van der Waals surface area contributed by atoms with Gasteiger partial charge in [-0.25, -0.2) is 0 Å². The molecule has 0 fully saturated rings. The van der Waals surface area contributed by atoms with Crippen LogP contribution in [0.3, 0.4) is 0 Å². The van der Waals surface area contributed by atoms with E-state index in [0.29, 0.717) is 26.1 Å². The van der Waals surface area contributed by atoms with Crippen LogP contribution >= 0.6 is 0 Å². The second kappa shape index (κ2) is 6.10. The third kappa shape index (κ3) is 3.35. The number of phenols is 2. The summed E-state index contributed by atoms with van der Waals surface area (Å²) >= 11 is 0. The Bertz CT molecular complexity index is 393. The standard InChI is InChI=1S/C12H18N2O3/c1-2-14(7-3-6-13)12(17)10-8-9(15)4-5-11(10)16/h4-5,8,15-16H,2-3,6-7,13H2,1H3. The Morgan fingerprint density at radius 1 is 1.41 bits per heavy atom. The van der Waals surface area contributed by atoms with E-state index in [9.17, 15) is 15.0 Å². The Kier molecular flexibility index (Phi) is 4.78. The van der Waals surface area contributed by atoms with Crippen LogP contribution in [0.1, 0.15) is 23.7 Å². The molecule has 0 saturated carbocycles. The molecule has 0 heterocycles. The highest BCUT2D eigenvalue weighted by atomic mass is 16.3. The zero-order valence-electron chi connectivity index (χ0n) is 9.89. The van der Waals surface area contributed by atoms with Crippen molar-refractivity contribution in [3.8, 4) is 11.5 Å². The maximum absolute atomic E-state index is 12.1. The molecule has 5 heteroatoms. The number of rotatable bonds is 5. The van der Waals surface area contributed by atoms with Gasteiger partial charge < -0.3 is 20.8 Å². The Hall–Kier alpha value is -1.75. The number of amides is 1. The van der Waals surface area contributed by atoms with Crippen LogP contribution in [0.4, 0.5) is 0 Å². The number of aromatic hydroxyl groups is 2. The molecule has 94 valence electrons. The van der Waals surface area contributed by atoms with Crippen molar-refractivity contribution < 1.29 is 15.0 Å². The van der Waals surface area contributed by atoms with Crippen LogP contribution in [0.15, 0.2) is 18.2 Å². The number of carbonyl (C=O) groups is 1. The van der Waals surface area contributed by atoms with Gasteiger partial charge in [0, 0.05) is 13.1 Å². The van der Waals surface area contributed by atoms with Crippen LogP contribution in [0.5, 0.6) is 11.5 Å². The van der Waals surface area contributed by atoms with Gasteiger partial charge in [-0.1, -0.05) is 0 Å². The van der Waals surface area contributed by atoms with E-state index in [-0.39, 0.29) is 23.0 Å². The number of carbonyl (C=O) groups excluding carboxylic acids is 1. The summed E-state index contributed by atoms with van der Waals surface area (Å²) in [7, 11) is 0. The highest BCUT2D eigenvalue weighted by Gasteiger charge is 2.17. The second-order valence-corrected chi connectivity index (χ2v) is 3.73. The minimum atomic E-state index is -0.297. The van der Waals surface area contributed by atoms with Crippen LogP contribution in [-0.2, 0) is 0 Å². The molecule has 1 amide bonds. The maximum atomic E-state index is 12.1. The number of nitrogens with two attached hydrogens (primary N) is 1. The lowest BCUT2D eigenvalue weighted by molar-refractivity contribution is 0.0760. The third-order valence-electron chi connectivity index (χ3n) is 2.51. The lowest BCUT2D eigenvalue weighted by Crippen LogP contribution is -2.32. The van der Waals surface area contributed by atoms with Crippen LogP contribution in [-0.4, -0.2) is 40.7 Å². The number of nitrogens with zero attached hydrogens (tertiary/aromatic N) is 1. The molecule has 0 aliphatic carbocycles. The molecule has 0 unspecified atom stereocenters. The molecule has 0 aliphatic rings. The van der Waals surface area contributed by atoms with Crippen LogP contribution in [0.25, 0.3) is 0 Å². The molecular formula is C12H18N2O3. The van der Waals surface area contributed by atoms with Crippen molar-refractivity contribution in [2.24, 2.45) is 5.73 Å². The average Bonchev–Trinajstić information content (AvgIpc) is 2.33. The fourth-order valence-electron chi connectivity index (χ4n) is 1.55. The molecule has 0 aromatic heterocycles. The molecule has 4 N–H and O–H groups in total. The lowest BCUT2D eigenvalue weighted by atomic mass is 10.1. The Labute approximate surface area is 100 Å². The summed E-state index contributed by atoms with van der Waals surface area (Å²) in [5, 5.41) is 18.9. The van der Waals surface area contributed by atoms with Gasteiger partial charge in [0.15, 0.2) is 0 Å². The van der Waals surface area contributed by atoms with E-state index < -0.39 is 0 Å². The highest BCUT2D eigenvalue weighted by Crippen LogP contribution is 2.23. The van der Waals surface area contributed by atoms with Crippen molar-refractivity contribution in [3.05, 3.63) is 23.8 Å². The van der Waals surface area contributed by atoms with E-state index in [4.69, 9.17) is 5.73 Å². The predicted octanol–water partition coefficient (Wildman–Crippen LogP) is 0.909. The number of hydrogen-bond donors (Lipinski definition) is 3. The fourth-order valence-corrected chi connectivity index (χ4v) is 1.55. The summed E-state index contributed by atoms with van der Waals surface area (Å²) in [5.74, 6) is -0.464. The molecule has 0 saturated heterocycles. The molecule has 0 radical (unpaired) electrons. The summed E-state index contributed by atoms with van der Waals surface area (Å²) in [4.78, 5) is 13.7. The summed E-state index contributed by atoms with van der Waals surface area (Å²) in [6.45, 7) is 3.44. The average molecular weight is 238 g/mol. The summed E-state index contributed by atoms with van der Waals surface area (Å²) in [6.07, 6.45) is 0.707. The van der Waals surface area contributed by atoms with E-state index in [0.717, 1.165) is 0 Å². The molecule has 0 aliphatic heterocycles. The van der Waals surface area contributed by atoms with Crippen molar-refractivity contribution in [1.82, 2.24) is 4.90 Å². The van der Waals surface area contributed by atoms with Gasteiger partial charge in [0.2, 0.25) is 0 Å². The van der Waals surface area contributed by atoms with Gasteiger partial charge >= 0.3 is 0 Å². The van der Waals surface area contributed by atoms with Crippen molar-refractivity contribution in [2.75, 3.05) is 19.6 Å². The molecule has 17 heavy (non-hydrogen) atoms. The molecule has 0 spiro atoms. The van der Waals surface area contributed by atoms with Crippen molar-refractivity contribution in [3.63, 3.8) is 0 Å². The van der Waals surface area contributed by atoms with Crippen molar-refractivity contribution in [2.45, 2.75) is 13.3 Å². The minimum Gasteiger partial charge on any atom is -0.508 e. The first-order valence-electron chi connectivity index (χ1n) is 5.61. The Balaban J connectivity index is 2.89. The topological polar surface area (TPSA) is 86.8 Å². The zero-order valence-corrected chi connectivity index (χ0v) is 9.89. The molecule has 5 nitrogen and oxygen atoms in total. The maximum Gasteiger partial charge on any atom is 0.257 e. The number of benzene rings is 1. The number of hydrogen-bond acceptors (Lipinski definition) is 4. The van der Waals surface area contributed by atoms with Crippen molar-refractivity contribution >= 4 is 5.91 Å². The van der Waals surface area contributed by atoms with Crippen molar-refractivity contribution in [1.29, 1.82) is 0 Å². The zero-order chi connectivity index (χ0) is 12.8. The van der Waals surface area contributed by atoms with E-state index in [2.05, 4.69) is 0 Å². The Morgan fingerprint density at radius 2 is 2.12 bits per heavy atom. The van der Waals surface area contributed by atoms with Gasteiger partial charge in [-0.15, -0.1) is 0 Å². The van der Waals surface area contributed by atoms with E-state index in [1.807, 2.05) is 6.92 Å². The molecule has 1 aromatic carbocycles. The van der Waals surface area contributed by atoms with Gasteiger partial charge in [-0.05, 0) is 38.1 Å². The molecular weight excluding hydrogens is 220 g/mol.